The van der Waals surface area contributed by atoms with E-state index in [2.05, 4.69) is 29.4 Å². The molecule has 1 aliphatic rings. The number of amides is 1. The summed E-state index contributed by atoms with van der Waals surface area (Å²) in [6.45, 7) is 4.41. The largest absolute Gasteiger partial charge is 0.411 e. The zero-order valence-electron chi connectivity index (χ0n) is 15.3. The fourth-order valence-corrected chi connectivity index (χ4v) is 3.87. The van der Waals surface area contributed by atoms with Gasteiger partial charge in [-0.15, -0.1) is 10.2 Å². The quantitative estimate of drug-likeness (QED) is 0.455. The smallest absolute Gasteiger partial charge is 0.277 e. The Kier molecular flexibility index (Phi) is 6.10. The molecule has 3 rings (SSSR count). The first kappa shape index (κ1) is 19.3. The Hall–Kier alpha value is -2.42. The van der Waals surface area contributed by atoms with Crippen LogP contribution in [0, 0.1) is 22.0 Å². The molecule has 0 radical (unpaired) electrons. The van der Waals surface area contributed by atoms with Crippen LogP contribution >= 0.6 is 11.8 Å². The van der Waals surface area contributed by atoms with E-state index < -0.39 is 4.92 Å². The van der Waals surface area contributed by atoms with E-state index in [0.29, 0.717) is 17.4 Å². The van der Waals surface area contributed by atoms with Crippen LogP contribution in [0.5, 0.6) is 0 Å². The summed E-state index contributed by atoms with van der Waals surface area (Å²) in [4.78, 5) is 22.6. The molecule has 1 aliphatic carbocycles. The summed E-state index contributed by atoms with van der Waals surface area (Å²) in [7, 11) is 0. The van der Waals surface area contributed by atoms with Crippen molar-refractivity contribution in [2.75, 3.05) is 5.75 Å². The molecule has 0 unspecified atom stereocenters. The Bertz CT molecular complexity index is 825. The fourth-order valence-electron chi connectivity index (χ4n) is 3.30. The number of hydrogen-bond acceptors (Lipinski definition) is 7. The predicted octanol–water partition coefficient (Wildman–Crippen LogP) is 3.68. The number of aromatic nitrogens is 2. The minimum atomic E-state index is -0.479. The molecule has 27 heavy (non-hydrogen) atoms. The Balaban J connectivity index is 1.56. The summed E-state index contributed by atoms with van der Waals surface area (Å²) in [6, 6.07) is 6.20. The lowest BCUT2D eigenvalue weighted by Gasteiger charge is -2.34. The van der Waals surface area contributed by atoms with Crippen molar-refractivity contribution in [2.45, 2.75) is 44.4 Å². The number of hydrogen-bond donors (Lipinski definition) is 1. The van der Waals surface area contributed by atoms with E-state index in [1.807, 2.05) is 0 Å². The number of nitro benzene ring substituents is 1. The van der Waals surface area contributed by atoms with Crippen molar-refractivity contribution >= 4 is 23.4 Å². The van der Waals surface area contributed by atoms with Crippen LogP contribution < -0.4 is 5.32 Å². The molecule has 9 heteroatoms. The van der Waals surface area contributed by atoms with E-state index in [4.69, 9.17) is 4.42 Å². The highest BCUT2D eigenvalue weighted by Crippen LogP contribution is 2.30. The summed E-state index contributed by atoms with van der Waals surface area (Å²) in [5.74, 6) is 1.41. The van der Waals surface area contributed by atoms with E-state index >= 15 is 0 Å². The van der Waals surface area contributed by atoms with Gasteiger partial charge in [-0.25, -0.2) is 0 Å². The van der Waals surface area contributed by atoms with Crippen LogP contribution in [-0.2, 0) is 4.79 Å². The third-order valence-electron chi connectivity index (χ3n) is 5.09. The molecular weight excluding hydrogens is 368 g/mol. The number of benzene rings is 1. The molecule has 0 saturated heterocycles. The molecule has 1 heterocycles. The van der Waals surface area contributed by atoms with E-state index in [1.165, 1.54) is 18.6 Å². The molecule has 2 aromatic rings. The molecule has 0 spiro atoms. The number of thioether (sulfide) groups is 1. The third kappa shape index (κ3) is 4.85. The first-order chi connectivity index (χ1) is 12.9. The molecule has 1 N–H and O–H groups in total. The minimum Gasteiger partial charge on any atom is -0.411 e. The second kappa shape index (κ2) is 8.51. The highest BCUT2D eigenvalue weighted by molar-refractivity contribution is 7.99. The van der Waals surface area contributed by atoms with Gasteiger partial charge in [0.05, 0.1) is 10.7 Å². The first-order valence-corrected chi connectivity index (χ1v) is 9.93. The fraction of sp³-hybridized carbons (Fsp3) is 0.500. The maximum atomic E-state index is 12.2. The molecule has 1 amide bonds. The van der Waals surface area contributed by atoms with Gasteiger partial charge in [-0.05, 0) is 24.3 Å². The number of non-ortho nitro benzene ring substituents is 1. The third-order valence-corrected chi connectivity index (χ3v) is 5.91. The lowest BCUT2D eigenvalue weighted by molar-refractivity contribution is -0.384. The van der Waals surface area contributed by atoms with Crippen LogP contribution in [-0.4, -0.2) is 32.8 Å². The van der Waals surface area contributed by atoms with Gasteiger partial charge in [-0.3, -0.25) is 14.9 Å². The Morgan fingerprint density at radius 3 is 2.96 bits per heavy atom. The number of carbonyl (C=O) groups excluding carboxylic acids is 1. The monoisotopic (exact) mass is 390 g/mol. The summed E-state index contributed by atoms with van der Waals surface area (Å²) in [6.07, 6.45) is 3.37. The first-order valence-electron chi connectivity index (χ1n) is 8.94. The average molecular weight is 390 g/mol. The molecule has 0 aliphatic heterocycles. The predicted molar refractivity (Wildman–Crippen MR) is 101 cm³/mol. The normalized spacial score (nSPS) is 22.4. The van der Waals surface area contributed by atoms with Gasteiger partial charge < -0.3 is 9.73 Å². The second-order valence-electron chi connectivity index (χ2n) is 6.91. The highest BCUT2D eigenvalue weighted by Gasteiger charge is 2.28. The average Bonchev–Trinajstić information content (AvgIpc) is 3.13. The van der Waals surface area contributed by atoms with Gasteiger partial charge in [-0.2, -0.15) is 0 Å². The molecule has 1 saturated carbocycles. The van der Waals surface area contributed by atoms with E-state index in [9.17, 15) is 14.9 Å². The summed E-state index contributed by atoms with van der Waals surface area (Å²) in [5, 5.41) is 22.0. The Labute approximate surface area is 161 Å². The molecule has 1 aromatic carbocycles. The van der Waals surface area contributed by atoms with Gasteiger partial charge in [0.25, 0.3) is 10.9 Å². The topological polar surface area (TPSA) is 111 Å². The van der Waals surface area contributed by atoms with Crippen LogP contribution in [0.1, 0.15) is 33.1 Å². The van der Waals surface area contributed by atoms with Crippen molar-refractivity contribution in [3.05, 3.63) is 34.4 Å². The van der Waals surface area contributed by atoms with E-state index in [0.717, 1.165) is 24.6 Å². The van der Waals surface area contributed by atoms with Crippen molar-refractivity contribution in [1.29, 1.82) is 0 Å². The second-order valence-corrected chi connectivity index (χ2v) is 7.84. The van der Waals surface area contributed by atoms with E-state index in [-0.39, 0.29) is 34.5 Å². The zero-order valence-corrected chi connectivity index (χ0v) is 16.1. The van der Waals surface area contributed by atoms with Gasteiger partial charge in [0, 0.05) is 23.7 Å². The van der Waals surface area contributed by atoms with Crippen molar-refractivity contribution in [1.82, 2.24) is 15.5 Å². The van der Waals surface area contributed by atoms with Crippen molar-refractivity contribution in [3.63, 3.8) is 0 Å². The molecule has 3 atom stereocenters. The van der Waals surface area contributed by atoms with Gasteiger partial charge in [0.15, 0.2) is 0 Å². The number of nitrogens with one attached hydrogen (secondary N) is 1. The van der Waals surface area contributed by atoms with Crippen LogP contribution in [0.25, 0.3) is 11.5 Å². The van der Waals surface area contributed by atoms with Crippen LogP contribution in [0.15, 0.2) is 33.9 Å². The molecule has 1 fully saturated rings. The highest BCUT2D eigenvalue weighted by atomic mass is 32.2. The Morgan fingerprint density at radius 1 is 1.37 bits per heavy atom. The van der Waals surface area contributed by atoms with Gasteiger partial charge in [-0.1, -0.05) is 44.5 Å². The van der Waals surface area contributed by atoms with Crippen molar-refractivity contribution in [3.8, 4) is 11.5 Å². The minimum absolute atomic E-state index is 0.0462. The summed E-state index contributed by atoms with van der Waals surface area (Å²) in [5.41, 5.74) is 0.424. The number of nitrogens with zero attached hydrogens (tertiary/aromatic N) is 3. The lowest BCUT2D eigenvalue weighted by atomic mass is 9.78. The van der Waals surface area contributed by atoms with Gasteiger partial charge in [0.2, 0.25) is 11.8 Å². The summed E-state index contributed by atoms with van der Waals surface area (Å²) < 4.78 is 5.52. The lowest BCUT2D eigenvalue weighted by Crippen LogP contribution is -2.44. The van der Waals surface area contributed by atoms with Crippen molar-refractivity contribution in [2.24, 2.45) is 11.8 Å². The molecule has 144 valence electrons. The molecule has 8 nitrogen and oxygen atoms in total. The summed E-state index contributed by atoms with van der Waals surface area (Å²) >= 11 is 1.16. The molecule has 1 aromatic heterocycles. The van der Waals surface area contributed by atoms with Crippen LogP contribution in [0.2, 0.25) is 0 Å². The molecule has 0 bridgehead atoms. The zero-order chi connectivity index (χ0) is 19.4. The van der Waals surface area contributed by atoms with E-state index in [1.54, 1.807) is 12.1 Å². The van der Waals surface area contributed by atoms with Gasteiger partial charge in [0.1, 0.15) is 0 Å². The number of carbonyl (C=O) groups is 1. The van der Waals surface area contributed by atoms with Crippen LogP contribution in [0.4, 0.5) is 5.69 Å². The maximum absolute atomic E-state index is 12.2. The Morgan fingerprint density at radius 2 is 2.19 bits per heavy atom. The van der Waals surface area contributed by atoms with Gasteiger partial charge >= 0.3 is 0 Å². The number of rotatable bonds is 6. The number of nitro groups is 1. The SMILES string of the molecule is C[C@H]1[C@@H](NC(=O)CSc2nnc(-c3cccc([N+](=O)[O-])c3)o2)CCC[C@@H]1C. The van der Waals surface area contributed by atoms with Crippen molar-refractivity contribution < 1.29 is 14.1 Å². The van der Waals surface area contributed by atoms with Crippen LogP contribution in [0.3, 0.4) is 0 Å². The standard InChI is InChI=1S/C18H22N4O4S/c1-11-5-3-8-15(12(11)2)19-16(23)10-27-18-21-20-17(26-18)13-6-4-7-14(9-13)22(24)25/h4,6-7,9,11-12,15H,3,5,8,10H2,1-2H3,(H,19,23)/t11-,12+,15-/m0/s1. The molecular formula is C18H22N4O4S. The maximum Gasteiger partial charge on any atom is 0.277 e.